The lowest BCUT2D eigenvalue weighted by Crippen LogP contribution is -2.46. The van der Waals surface area contributed by atoms with Gasteiger partial charge in [0.25, 0.3) is 0 Å². The summed E-state index contributed by atoms with van der Waals surface area (Å²) in [6.45, 7) is 1.65. The van der Waals surface area contributed by atoms with Crippen molar-refractivity contribution in [1.29, 1.82) is 0 Å². The van der Waals surface area contributed by atoms with Crippen molar-refractivity contribution in [3.63, 3.8) is 0 Å². The molecule has 2 saturated heterocycles. The highest BCUT2D eigenvalue weighted by Gasteiger charge is 2.36. The minimum Gasteiger partial charge on any atom is -0.467 e. The molecule has 3 rings (SSSR count). The van der Waals surface area contributed by atoms with E-state index in [9.17, 15) is 9.59 Å². The second-order valence-electron chi connectivity index (χ2n) is 5.54. The van der Waals surface area contributed by atoms with Gasteiger partial charge in [-0.2, -0.15) is 0 Å². The summed E-state index contributed by atoms with van der Waals surface area (Å²) in [6, 6.07) is 3.19. The summed E-state index contributed by atoms with van der Waals surface area (Å²) in [5.74, 6) is 0.605. The highest BCUT2D eigenvalue weighted by atomic mass is 16.5. The number of carbonyl (C=O) groups excluding carboxylic acids is 2. The zero-order valence-corrected chi connectivity index (χ0v) is 11.9. The molecule has 0 aromatic carbocycles. The van der Waals surface area contributed by atoms with Gasteiger partial charge in [0.05, 0.1) is 18.9 Å². The van der Waals surface area contributed by atoms with E-state index in [0.717, 1.165) is 19.4 Å². The minimum absolute atomic E-state index is 0.00339. The van der Waals surface area contributed by atoms with E-state index in [2.05, 4.69) is 5.32 Å². The lowest BCUT2D eigenvalue weighted by molar-refractivity contribution is -0.136. The molecule has 2 aliphatic rings. The Morgan fingerprint density at radius 3 is 3.05 bits per heavy atom. The fraction of sp³-hybridized carbons (Fsp3) is 0.600. The van der Waals surface area contributed by atoms with Crippen molar-refractivity contribution >= 4 is 11.8 Å². The Morgan fingerprint density at radius 2 is 2.33 bits per heavy atom. The molecule has 21 heavy (non-hydrogen) atoms. The number of nitrogens with one attached hydrogen (secondary N) is 1. The number of ether oxygens (including phenoxy) is 1. The molecule has 6 heteroatoms. The Morgan fingerprint density at radius 1 is 1.43 bits per heavy atom. The maximum atomic E-state index is 12.3. The summed E-state index contributed by atoms with van der Waals surface area (Å²) < 4.78 is 10.8. The van der Waals surface area contributed by atoms with Gasteiger partial charge in [-0.25, -0.2) is 0 Å². The molecule has 3 heterocycles. The van der Waals surface area contributed by atoms with Gasteiger partial charge in [0.1, 0.15) is 11.8 Å². The largest absolute Gasteiger partial charge is 0.467 e. The van der Waals surface area contributed by atoms with Crippen molar-refractivity contribution in [2.45, 2.75) is 44.4 Å². The summed E-state index contributed by atoms with van der Waals surface area (Å²) in [4.78, 5) is 25.9. The maximum absolute atomic E-state index is 12.3. The molecule has 0 radical (unpaired) electrons. The molecule has 1 N–H and O–H groups in total. The quantitative estimate of drug-likeness (QED) is 0.881. The average molecular weight is 292 g/mol. The molecule has 0 aliphatic carbocycles. The van der Waals surface area contributed by atoms with Gasteiger partial charge in [0.15, 0.2) is 0 Å². The predicted molar refractivity (Wildman–Crippen MR) is 74.3 cm³/mol. The zero-order valence-electron chi connectivity index (χ0n) is 11.9. The van der Waals surface area contributed by atoms with Crippen LogP contribution in [0.4, 0.5) is 0 Å². The Bertz CT molecular complexity index is 494. The number of amides is 2. The van der Waals surface area contributed by atoms with Crippen molar-refractivity contribution in [3.8, 4) is 0 Å². The van der Waals surface area contributed by atoms with E-state index >= 15 is 0 Å². The van der Waals surface area contributed by atoms with Crippen LogP contribution in [0.15, 0.2) is 22.8 Å². The smallest absolute Gasteiger partial charge is 0.242 e. The van der Waals surface area contributed by atoms with Gasteiger partial charge in [-0.15, -0.1) is 0 Å². The molecule has 0 bridgehead atoms. The molecule has 2 fully saturated rings. The minimum atomic E-state index is -0.399. The highest BCUT2D eigenvalue weighted by molar-refractivity contribution is 5.90. The van der Waals surface area contributed by atoms with Crippen LogP contribution in [0.5, 0.6) is 0 Å². The second-order valence-corrected chi connectivity index (χ2v) is 5.54. The second kappa shape index (κ2) is 6.30. The van der Waals surface area contributed by atoms with Crippen LogP contribution in [-0.4, -0.2) is 42.0 Å². The van der Waals surface area contributed by atoms with Crippen molar-refractivity contribution in [3.05, 3.63) is 24.2 Å². The highest BCUT2D eigenvalue weighted by Crippen LogP contribution is 2.22. The van der Waals surface area contributed by atoms with E-state index < -0.39 is 6.04 Å². The standard InChI is InChI=1S/C15H20N2O4/c18-14-6-5-13(17(14)10-12-4-2-8-21-12)15(19)16-9-11-3-1-7-20-11/h2,4,8,11,13H,1,3,5-7,9-10H2,(H,16,19)/t11-,13-/m1/s1. The van der Waals surface area contributed by atoms with Crippen molar-refractivity contribution in [1.82, 2.24) is 10.2 Å². The Balaban J connectivity index is 1.56. The number of likely N-dealkylation sites (tertiary alicyclic amines) is 1. The molecule has 2 atom stereocenters. The van der Waals surface area contributed by atoms with Gasteiger partial charge in [-0.3, -0.25) is 9.59 Å². The van der Waals surface area contributed by atoms with Gasteiger partial charge in [0.2, 0.25) is 11.8 Å². The molecule has 0 spiro atoms. The Labute approximate surface area is 123 Å². The first-order valence-corrected chi connectivity index (χ1v) is 7.45. The normalized spacial score (nSPS) is 25.5. The molecule has 114 valence electrons. The van der Waals surface area contributed by atoms with Crippen LogP contribution in [0.2, 0.25) is 0 Å². The van der Waals surface area contributed by atoms with Crippen LogP contribution < -0.4 is 5.32 Å². The number of hydrogen-bond acceptors (Lipinski definition) is 4. The van der Waals surface area contributed by atoms with E-state index in [1.807, 2.05) is 6.07 Å². The SMILES string of the molecule is O=C(NC[C@H]1CCCO1)[C@H]1CCC(=O)N1Cc1ccco1. The fourth-order valence-electron chi connectivity index (χ4n) is 2.91. The van der Waals surface area contributed by atoms with Crippen molar-refractivity contribution < 1.29 is 18.7 Å². The van der Waals surface area contributed by atoms with Gasteiger partial charge >= 0.3 is 0 Å². The van der Waals surface area contributed by atoms with Crippen LogP contribution in [-0.2, 0) is 20.9 Å². The molecule has 2 amide bonds. The summed E-state index contributed by atoms with van der Waals surface area (Å²) in [6.07, 6.45) is 4.70. The average Bonchev–Trinajstić information content (AvgIpc) is 3.21. The van der Waals surface area contributed by atoms with Crippen molar-refractivity contribution in [2.75, 3.05) is 13.2 Å². The third-order valence-corrected chi connectivity index (χ3v) is 4.07. The molecule has 1 aromatic rings. The van der Waals surface area contributed by atoms with Crippen LogP contribution in [0, 0.1) is 0 Å². The molecule has 6 nitrogen and oxygen atoms in total. The van der Waals surface area contributed by atoms with Crippen molar-refractivity contribution in [2.24, 2.45) is 0 Å². The first-order chi connectivity index (χ1) is 10.2. The number of furan rings is 1. The molecular formula is C15H20N2O4. The number of nitrogens with zero attached hydrogens (tertiary/aromatic N) is 1. The first kappa shape index (κ1) is 14.1. The van der Waals surface area contributed by atoms with E-state index in [-0.39, 0.29) is 17.9 Å². The lowest BCUT2D eigenvalue weighted by atomic mass is 10.2. The van der Waals surface area contributed by atoms with E-state index in [4.69, 9.17) is 9.15 Å². The number of hydrogen-bond donors (Lipinski definition) is 1. The summed E-state index contributed by atoms with van der Waals surface area (Å²) in [5.41, 5.74) is 0. The zero-order chi connectivity index (χ0) is 14.7. The maximum Gasteiger partial charge on any atom is 0.242 e. The van der Waals surface area contributed by atoms with Crippen LogP contribution in [0.3, 0.4) is 0 Å². The van der Waals surface area contributed by atoms with Gasteiger partial charge in [-0.05, 0) is 31.4 Å². The third-order valence-electron chi connectivity index (χ3n) is 4.07. The Kier molecular flexibility index (Phi) is 4.24. The van der Waals surface area contributed by atoms with E-state index in [1.54, 1.807) is 17.2 Å². The first-order valence-electron chi connectivity index (χ1n) is 7.45. The summed E-state index contributed by atoms with van der Waals surface area (Å²) in [7, 11) is 0. The van der Waals surface area contributed by atoms with Gasteiger partial charge in [-0.1, -0.05) is 0 Å². The van der Waals surface area contributed by atoms with Crippen LogP contribution in [0.1, 0.15) is 31.4 Å². The summed E-state index contributed by atoms with van der Waals surface area (Å²) >= 11 is 0. The van der Waals surface area contributed by atoms with Crippen LogP contribution in [0.25, 0.3) is 0 Å². The number of rotatable bonds is 5. The third kappa shape index (κ3) is 3.26. The van der Waals surface area contributed by atoms with Gasteiger partial charge in [0, 0.05) is 19.6 Å². The molecule has 0 saturated carbocycles. The lowest BCUT2D eigenvalue weighted by Gasteiger charge is -2.23. The van der Waals surface area contributed by atoms with Gasteiger partial charge < -0.3 is 19.4 Å². The molecule has 1 aromatic heterocycles. The molecular weight excluding hydrogens is 272 g/mol. The molecule has 2 aliphatic heterocycles. The predicted octanol–water partition coefficient (Wildman–Crippen LogP) is 1.07. The fourth-order valence-corrected chi connectivity index (χ4v) is 2.91. The summed E-state index contributed by atoms with van der Waals surface area (Å²) in [5, 5.41) is 2.91. The van der Waals surface area contributed by atoms with E-state index in [1.165, 1.54) is 0 Å². The molecule has 0 unspecified atom stereocenters. The topological polar surface area (TPSA) is 71.8 Å². The van der Waals surface area contributed by atoms with Crippen LogP contribution >= 0.6 is 0 Å². The van der Waals surface area contributed by atoms with E-state index in [0.29, 0.717) is 31.7 Å². The number of carbonyl (C=O) groups is 2. The Hall–Kier alpha value is -1.82. The monoisotopic (exact) mass is 292 g/mol.